The Hall–Kier alpha value is -2.17. The van der Waals surface area contributed by atoms with E-state index in [-0.39, 0.29) is 18.6 Å². The van der Waals surface area contributed by atoms with Gasteiger partial charge in [0.05, 0.1) is 12.6 Å². The van der Waals surface area contributed by atoms with Gasteiger partial charge in [0, 0.05) is 25.7 Å². The molecule has 0 spiro atoms. The Morgan fingerprint density at radius 3 is 1.79 bits per heavy atom. The molecule has 2 aromatic rings. The minimum Gasteiger partial charge on any atom is -0.480 e. The number of rotatable bonds is 5. The van der Waals surface area contributed by atoms with E-state index in [1.54, 1.807) is 0 Å². The van der Waals surface area contributed by atoms with Crippen LogP contribution in [0.15, 0.2) is 60.7 Å². The van der Waals surface area contributed by atoms with Crippen molar-refractivity contribution in [2.24, 2.45) is 0 Å². The fourth-order valence-corrected chi connectivity index (χ4v) is 3.55. The summed E-state index contributed by atoms with van der Waals surface area (Å²) in [5.74, 6) is -0.752. The number of carboxylic acids is 1. The van der Waals surface area contributed by atoms with E-state index in [0.717, 1.165) is 19.6 Å². The maximum atomic E-state index is 11.0. The normalized spacial score (nSPS) is 17.1. The summed E-state index contributed by atoms with van der Waals surface area (Å²) in [6.07, 6.45) is 0. The molecule has 1 saturated heterocycles. The molecule has 0 aliphatic carbocycles. The molecular formula is C24H36N2O2. The van der Waals surface area contributed by atoms with Gasteiger partial charge in [-0.05, 0) is 18.1 Å². The molecule has 1 fully saturated rings. The minimum absolute atomic E-state index is 0.121. The highest BCUT2D eigenvalue weighted by molar-refractivity contribution is 5.69. The van der Waals surface area contributed by atoms with Gasteiger partial charge in [-0.1, -0.05) is 88.4 Å². The summed E-state index contributed by atoms with van der Waals surface area (Å²) >= 11 is 0. The van der Waals surface area contributed by atoms with Gasteiger partial charge in [0.15, 0.2) is 0 Å². The van der Waals surface area contributed by atoms with Crippen molar-refractivity contribution in [1.29, 1.82) is 0 Å². The Morgan fingerprint density at radius 1 is 0.929 bits per heavy atom. The number of nitrogens with zero attached hydrogens (tertiary/aromatic N) is 2. The third-order valence-electron chi connectivity index (χ3n) is 4.73. The van der Waals surface area contributed by atoms with E-state index in [4.69, 9.17) is 5.11 Å². The zero-order valence-corrected chi connectivity index (χ0v) is 18.0. The van der Waals surface area contributed by atoms with Gasteiger partial charge in [0.25, 0.3) is 0 Å². The molecule has 1 aliphatic rings. The van der Waals surface area contributed by atoms with Crippen LogP contribution in [0, 0.1) is 0 Å². The average molecular weight is 385 g/mol. The largest absolute Gasteiger partial charge is 0.480 e. The molecule has 1 N–H and O–H groups in total. The predicted molar refractivity (Wildman–Crippen MR) is 118 cm³/mol. The summed E-state index contributed by atoms with van der Waals surface area (Å²) in [6.45, 7) is 12.7. The van der Waals surface area contributed by atoms with Crippen LogP contribution in [0.3, 0.4) is 0 Å². The first-order valence-electron chi connectivity index (χ1n) is 10.4. The summed E-state index contributed by atoms with van der Waals surface area (Å²) in [5, 5.41) is 9.06. The SMILES string of the molecule is CC.CC.C[C@H]1CN(C(c2ccccc2)c2ccccc2)CCN1CC(=O)O. The van der Waals surface area contributed by atoms with E-state index < -0.39 is 5.97 Å². The second-order valence-electron chi connectivity index (χ2n) is 6.43. The van der Waals surface area contributed by atoms with Crippen molar-refractivity contribution in [2.75, 3.05) is 26.2 Å². The van der Waals surface area contributed by atoms with E-state index in [2.05, 4.69) is 60.4 Å². The first-order chi connectivity index (χ1) is 13.6. The maximum Gasteiger partial charge on any atom is 0.317 e. The van der Waals surface area contributed by atoms with Gasteiger partial charge >= 0.3 is 5.97 Å². The van der Waals surface area contributed by atoms with Crippen LogP contribution in [0.2, 0.25) is 0 Å². The number of hydrogen-bond acceptors (Lipinski definition) is 3. The Balaban J connectivity index is 0.000000921. The third-order valence-corrected chi connectivity index (χ3v) is 4.73. The lowest BCUT2D eigenvalue weighted by Crippen LogP contribution is -2.54. The lowest BCUT2D eigenvalue weighted by molar-refractivity contribution is -0.139. The number of carboxylic acid groups (broad SMARTS) is 1. The molecular weight excluding hydrogens is 348 g/mol. The molecule has 0 radical (unpaired) electrons. The zero-order valence-electron chi connectivity index (χ0n) is 18.0. The highest BCUT2D eigenvalue weighted by Gasteiger charge is 2.30. The van der Waals surface area contributed by atoms with Gasteiger partial charge in [-0.2, -0.15) is 0 Å². The second-order valence-corrected chi connectivity index (χ2v) is 6.43. The molecule has 1 atom stereocenters. The fraction of sp³-hybridized carbons (Fsp3) is 0.458. The Labute approximate surface area is 170 Å². The average Bonchev–Trinajstić information content (AvgIpc) is 2.74. The molecule has 0 aromatic heterocycles. The van der Waals surface area contributed by atoms with Gasteiger partial charge < -0.3 is 5.11 Å². The molecule has 1 heterocycles. The zero-order chi connectivity index (χ0) is 20.9. The van der Waals surface area contributed by atoms with E-state index in [9.17, 15) is 4.79 Å². The number of piperazine rings is 1. The smallest absolute Gasteiger partial charge is 0.317 e. The van der Waals surface area contributed by atoms with Crippen molar-refractivity contribution in [3.63, 3.8) is 0 Å². The molecule has 154 valence electrons. The molecule has 0 unspecified atom stereocenters. The molecule has 3 rings (SSSR count). The molecule has 4 heteroatoms. The van der Waals surface area contributed by atoms with Crippen molar-refractivity contribution < 1.29 is 9.90 Å². The second kappa shape index (κ2) is 13.1. The summed E-state index contributed by atoms with van der Waals surface area (Å²) in [7, 11) is 0. The number of aliphatic carboxylic acids is 1. The lowest BCUT2D eigenvalue weighted by Gasteiger charge is -2.43. The van der Waals surface area contributed by atoms with Gasteiger partial charge in [0.1, 0.15) is 0 Å². The van der Waals surface area contributed by atoms with E-state index >= 15 is 0 Å². The summed E-state index contributed by atoms with van der Waals surface area (Å²) in [6, 6.07) is 21.5. The predicted octanol–water partition coefficient (Wildman–Crippen LogP) is 4.92. The molecule has 1 aliphatic heterocycles. The Kier molecular flexibility index (Phi) is 11.2. The van der Waals surface area contributed by atoms with E-state index in [1.807, 2.05) is 44.7 Å². The third kappa shape index (κ3) is 6.77. The molecule has 4 nitrogen and oxygen atoms in total. The first-order valence-corrected chi connectivity index (χ1v) is 10.4. The highest BCUT2D eigenvalue weighted by Crippen LogP contribution is 2.30. The first kappa shape index (κ1) is 23.9. The standard InChI is InChI=1S/C20H24N2O2.2C2H6/c1-16-14-22(13-12-21(16)15-19(23)24)20(17-8-4-2-5-9-17)18-10-6-3-7-11-18;2*1-2/h2-11,16,20H,12-15H2,1H3,(H,23,24);2*1-2H3/t16-;;/m0../s1. The van der Waals surface area contributed by atoms with E-state index in [1.165, 1.54) is 11.1 Å². The van der Waals surface area contributed by atoms with E-state index in [0.29, 0.717) is 0 Å². The summed E-state index contributed by atoms with van der Waals surface area (Å²) in [4.78, 5) is 15.5. The number of benzene rings is 2. The highest BCUT2D eigenvalue weighted by atomic mass is 16.4. The van der Waals surface area contributed by atoms with Gasteiger partial charge in [-0.15, -0.1) is 0 Å². The van der Waals surface area contributed by atoms with Crippen LogP contribution in [0.25, 0.3) is 0 Å². The van der Waals surface area contributed by atoms with Gasteiger partial charge in [0.2, 0.25) is 0 Å². The quantitative estimate of drug-likeness (QED) is 0.795. The lowest BCUT2D eigenvalue weighted by atomic mass is 9.95. The monoisotopic (exact) mass is 384 g/mol. The van der Waals surface area contributed by atoms with Crippen LogP contribution >= 0.6 is 0 Å². The van der Waals surface area contributed by atoms with Crippen LogP contribution < -0.4 is 0 Å². The van der Waals surface area contributed by atoms with Crippen molar-refractivity contribution >= 4 is 5.97 Å². The molecule has 2 aromatic carbocycles. The number of hydrogen-bond donors (Lipinski definition) is 1. The van der Waals surface area contributed by atoms with Crippen molar-refractivity contribution in [2.45, 2.75) is 46.7 Å². The Morgan fingerprint density at radius 2 is 1.39 bits per heavy atom. The van der Waals surface area contributed by atoms with Crippen molar-refractivity contribution in [3.05, 3.63) is 71.8 Å². The van der Waals surface area contributed by atoms with Gasteiger partial charge in [-0.3, -0.25) is 14.6 Å². The molecule has 0 amide bonds. The van der Waals surface area contributed by atoms with Crippen molar-refractivity contribution in [1.82, 2.24) is 9.80 Å². The number of carbonyl (C=O) groups is 1. The fourth-order valence-electron chi connectivity index (χ4n) is 3.55. The molecule has 0 bridgehead atoms. The van der Waals surface area contributed by atoms with Crippen LogP contribution in [0.5, 0.6) is 0 Å². The summed E-state index contributed by atoms with van der Waals surface area (Å²) < 4.78 is 0. The molecule has 0 saturated carbocycles. The maximum absolute atomic E-state index is 11.0. The van der Waals surface area contributed by atoms with Crippen molar-refractivity contribution in [3.8, 4) is 0 Å². The van der Waals surface area contributed by atoms with Crippen LogP contribution in [-0.2, 0) is 4.79 Å². The van der Waals surface area contributed by atoms with Crippen LogP contribution in [-0.4, -0.2) is 53.1 Å². The van der Waals surface area contributed by atoms with Crippen LogP contribution in [0.1, 0.15) is 51.8 Å². The molecule has 28 heavy (non-hydrogen) atoms. The summed E-state index contributed by atoms with van der Waals surface area (Å²) in [5.41, 5.74) is 2.56. The topological polar surface area (TPSA) is 43.8 Å². The van der Waals surface area contributed by atoms with Gasteiger partial charge in [-0.25, -0.2) is 0 Å². The Bertz CT molecular complexity index is 621. The minimum atomic E-state index is -0.752. The van der Waals surface area contributed by atoms with Crippen LogP contribution in [0.4, 0.5) is 0 Å².